The van der Waals surface area contributed by atoms with Gasteiger partial charge in [0.15, 0.2) is 0 Å². The molecule has 0 amide bonds. The van der Waals surface area contributed by atoms with Gasteiger partial charge in [0.25, 0.3) is 0 Å². The number of ether oxygens (including phenoxy) is 1. The molecule has 0 aliphatic heterocycles. The lowest BCUT2D eigenvalue weighted by Gasteiger charge is -2.00. The first-order valence-corrected chi connectivity index (χ1v) is 5.01. The summed E-state index contributed by atoms with van der Waals surface area (Å²) in [4.78, 5) is 14.9. The molecule has 0 saturated carbocycles. The molecule has 17 heavy (non-hydrogen) atoms. The van der Waals surface area contributed by atoms with Gasteiger partial charge in [-0.1, -0.05) is 13.3 Å². The normalized spacial score (nSPS) is 11.6. The summed E-state index contributed by atoms with van der Waals surface area (Å²) in [7, 11) is 1.13. The van der Waals surface area contributed by atoms with E-state index in [0.29, 0.717) is 12.8 Å². The molecule has 0 aliphatic carbocycles. The summed E-state index contributed by atoms with van der Waals surface area (Å²) in [6, 6.07) is 0. The van der Waals surface area contributed by atoms with Gasteiger partial charge in [-0.15, -0.1) is 0 Å². The van der Waals surface area contributed by atoms with Crippen molar-refractivity contribution in [3.8, 4) is 0 Å². The molecule has 0 radical (unpaired) electrons. The molecule has 0 spiro atoms. The first-order valence-electron chi connectivity index (χ1n) is 5.01. The molecule has 0 saturated heterocycles. The van der Waals surface area contributed by atoms with E-state index in [-0.39, 0.29) is 11.5 Å². The van der Waals surface area contributed by atoms with Crippen LogP contribution in [0.5, 0.6) is 0 Å². The van der Waals surface area contributed by atoms with Crippen molar-refractivity contribution in [3.63, 3.8) is 0 Å². The third kappa shape index (κ3) is 3.76. The number of carbonyl (C=O) groups excluding carboxylic acids is 1. The zero-order valence-corrected chi connectivity index (χ0v) is 9.43. The number of alkyl halides is 3. The zero-order valence-electron chi connectivity index (χ0n) is 9.43. The summed E-state index contributed by atoms with van der Waals surface area (Å²) in [6.45, 7) is 1.82. The van der Waals surface area contributed by atoms with Crippen molar-refractivity contribution < 1.29 is 27.1 Å². The number of nitrogens with zero attached hydrogens (tertiary/aromatic N) is 1. The third-order valence-corrected chi connectivity index (χ3v) is 1.95. The van der Waals surface area contributed by atoms with Crippen LogP contribution in [0.2, 0.25) is 0 Å². The number of hydrogen-bond donors (Lipinski definition) is 0. The molecule has 1 heterocycles. The van der Waals surface area contributed by atoms with Crippen molar-refractivity contribution in [2.24, 2.45) is 0 Å². The van der Waals surface area contributed by atoms with E-state index in [4.69, 9.17) is 4.42 Å². The van der Waals surface area contributed by atoms with E-state index in [1.54, 1.807) is 0 Å². The minimum atomic E-state index is -4.41. The van der Waals surface area contributed by atoms with Gasteiger partial charge < -0.3 is 9.15 Å². The zero-order chi connectivity index (χ0) is 13.1. The molecule has 0 aromatic carbocycles. The largest absolute Gasteiger partial charge is 0.463 e. The van der Waals surface area contributed by atoms with Crippen LogP contribution in [0, 0.1) is 0 Å². The smallest absolute Gasteiger partial charge is 0.397 e. The average molecular weight is 251 g/mol. The summed E-state index contributed by atoms with van der Waals surface area (Å²) in [6.07, 6.45) is -4.70. The number of rotatable bonds is 4. The van der Waals surface area contributed by atoms with Crippen LogP contribution in [0.3, 0.4) is 0 Å². The number of hydrogen-bond acceptors (Lipinski definition) is 4. The van der Waals surface area contributed by atoms with Crippen molar-refractivity contribution in [3.05, 3.63) is 17.3 Å². The van der Waals surface area contributed by atoms with E-state index in [9.17, 15) is 18.0 Å². The fraction of sp³-hybridized carbons (Fsp3) is 0.600. The molecule has 0 atom stereocenters. The molecule has 96 valence electrons. The lowest BCUT2D eigenvalue weighted by molar-refractivity contribution is -0.130. The van der Waals surface area contributed by atoms with Crippen molar-refractivity contribution in [2.45, 2.75) is 32.4 Å². The molecular formula is C10H12F3NO3. The van der Waals surface area contributed by atoms with Gasteiger partial charge in [-0.25, -0.2) is 9.78 Å². The molecule has 1 aromatic rings. The Labute approximate surface area is 95.8 Å². The van der Waals surface area contributed by atoms with E-state index >= 15 is 0 Å². The molecule has 0 bridgehead atoms. The van der Waals surface area contributed by atoms with Crippen molar-refractivity contribution >= 4 is 5.97 Å². The number of carbonyl (C=O) groups is 1. The number of oxazole rings is 1. The maximum absolute atomic E-state index is 12.1. The molecule has 1 rings (SSSR count). The minimum Gasteiger partial charge on any atom is -0.463 e. The minimum absolute atomic E-state index is 0.207. The third-order valence-electron chi connectivity index (χ3n) is 1.95. The number of esters is 1. The standard InChI is InChI=1S/C10H12F3NO3/c1-3-4-6-8(9(15)16-2)17-7(14-6)5-10(11,12)13/h3-5H2,1-2H3. The quantitative estimate of drug-likeness (QED) is 0.771. The SMILES string of the molecule is CCCc1nc(CC(F)(F)F)oc1C(=O)OC. The van der Waals surface area contributed by atoms with Gasteiger partial charge in [0.2, 0.25) is 11.7 Å². The van der Waals surface area contributed by atoms with Gasteiger partial charge in [0.1, 0.15) is 6.42 Å². The Morgan fingerprint density at radius 2 is 2.12 bits per heavy atom. The highest BCUT2D eigenvalue weighted by Crippen LogP contribution is 2.23. The van der Waals surface area contributed by atoms with Crippen LogP contribution >= 0.6 is 0 Å². The lowest BCUT2D eigenvalue weighted by atomic mass is 10.2. The maximum atomic E-state index is 12.1. The number of methoxy groups -OCH3 is 1. The fourth-order valence-corrected chi connectivity index (χ4v) is 1.31. The highest BCUT2D eigenvalue weighted by atomic mass is 19.4. The summed E-state index contributed by atoms with van der Waals surface area (Å²) in [5, 5.41) is 0. The monoisotopic (exact) mass is 251 g/mol. The Morgan fingerprint density at radius 3 is 2.59 bits per heavy atom. The average Bonchev–Trinajstić information content (AvgIpc) is 2.58. The van der Waals surface area contributed by atoms with Gasteiger partial charge in [0.05, 0.1) is 12.8 Å². The number of aryl methyl sites for hydroxylation is 1. The van der Waals surface area contributed by atoms with Crippen molar-refractivity contribution in [2.75, 3.05) is 7.11 Å². The molecular weight excluding hydrogens is 239 g/mol. The van der Waals surface area contributed by atoms with Crippen LogP contribution in [0.15, 0.2) is 4.42 Å². The van der Waals surface area contributed by atoms with Crippen molar-refractivity contribution in [1.82, 2.24) is 4.98 Å². The lowest BCUT2D eigenvalue weighted by Crippen LogP contribution is -2.11. The van der Waals surface area contributed by atoms with Gasteiger partial charge in [-0.2, -0.15) is 13.2 Å². The van der Waals surface area contributed by atoms with E-state index in [2.05, 4.69) is 9.72 Å². The summed E-state index contributed by atoms with van der Waals surface area (Å²) in [5.41, 5.74) is 0.207. The van der Waals surface area contributed by atoms with Gasteiger partial charge in [-0.05, 0) is 6.42 Å². The van der Waals surface area contributed by atoms with E-state index in [1.165, 1.54) is 0 Å². The molecule has 0 N–H and O–H groups in total. The second-order valence-corrected chi connectivity index (χ2v) is 3.42. The molecule has 7 heteroatoms. The Bertz CT molecular complexity index is 398. The number of aromatic nitrogens is 1. The topological polar surface area (TPSA) is 52.3 Å². The Kier molecular flexibility index (Phi) is 4.14. The highest BCUT2D eigenvalue weighted by Gasteiger charge is 2.32. The van der Waals surface area contributed by atoms with Gasteiger partial charge >= 0.3 is 12.1 Å². The van der Waals surface area contributed by atoms with Crippen molar-refractivity contribution in [1.29, 1.82) is 0 Å². The highest BCUT2D eigenvalue weighted by molar-refractivity contribution is 5.87. The Hall–Kier alpha value is -1.53. The molecule has 0 fully saturated rings. The van der Waals surface area contributed by atoms with E-state index in [1.807, 2.05) is 6.92 Å². The van der Waals surface area contributed by atoms with E-state index < -0.39 is 24.5 Å². The predicted octanol–water partition coefficient (Wildman–Crippen LogP) is 2.52. The van der Waals surface area contributed by atoms with Crippen LogP contribution in [-0.2, 0) is 17.6 Å². The van der Waals surface area contributed by atoms with Gasteiger partial charge in [-0.3, -0.25) is 0 Å². The Balaban J connectivity index is 2.99. The summed E-state index contributed by atoms with van der Waals surface area (Å²) in [5.74, 6) is -1.57. The van der Waals surface area contributed by atoms with E-state index in [0.717, 1.165) is 7.11 Å². The predicted molar refractivity (Wildman–Crippen MR) is 51.6 cm³/mol. The summed E-state index contributed by atoms with van der Waals surface area (Å²) < 4.78 is 45.6. The molecule has 4 nitrogen and oxygen atoms in total. The second-order valence-electron chi connectivity index (χ2n) is 3.42. The first kappa shape index (κ1) is 13.5. The first-order chi connectivity index (χ1) is 7.87. The Morgan fingerprint density at radius 1 is 1.47 bits per heavy atom. The van der Waals surface area contributed by atoms with Crippen LogP contribution < -0.4 is 0 Å². The fourth-order valence-electron chi connectivity index (χ4n) is 1.31. The maximum Gasteiger partial charge on any atom is 0.397 e. The second kappa shape index (κ2) is 5.20. The molecule has 0 unspecified atom stereocenters. The van der Waals surface area contributed by atoms with Crippen LogP contribution in [0.1, 0.15) is 35.5 Å². The summed E-state index contributed by atoms with van der Waals surface area (Å²) >= 11 is 0. The molecule has 1 aromatic heterocycles. The van der Waals surface area contributed by atoms with Crippen LogP contribution in [0.4, 0.5) is 13.2 Å². The number of halogens is 3. The van der Waals surface area contributed by atoms with Crippen LogP contribution in [-0.4, -0.2) is 24.2 Å². The van der Waals surface area contributed by atoms with Crippen LogP contribution in [0.25, 0.3) is 0 Å². The van der Waals surface area contributed by atoms with Gasteiger partial charge in [0, 0.05) is 0 Å². The molecule has 0 aliphatic rings.